The fourth-order valence-electron chi connectivity index (χ4n) is 2.71. The molecule has 7 nitrogen and oxygen atoms in total. The third kappa shape index (κ3) is 2.87. The molecule has 0 unspecified atom stereocenters. The first kappa shape index (κ1) is 16.0. The summed E-state index contributed by atoms with van der Waals surface area (Å²) in [5.41, 5.74) is 0.215. The highest BCUT2D eigenvalue weighted by Gasteiger charge is 2.29. The second kappa shape index (κ2) is 6.12. The molecule has 0 bridgehead atoms. The molecule has 2 heterocycles. The van der Waals surface area contributed by atoms with Crippen LogP contribution in [-0.2, 0) is 11.3 Å². The molecule has 0 spiro atoms. The lowest BCUT2D eigenvalue weighted by atomic mass is 10.3. The number of nitrogens with one attached hydrogen (secondary N) is 1. The number of carbonyl (C=O) groups is 1. The largest absolute Gasteiger partial charge is 0.332 e. The van der Waals surface area contributed by atoms with Gasteiger partial charge in [0, 0.05) is 11.4 Å². The summed E-state index contributed by atoms with van der Waals surface area (Å²) in [7, 11) is 0. The Balaban J connectivity index is 1.73. The molecule has 4 rings (SSSR count). The molecule has 9 heteroatoms. The molecular weight excluding hydrogens is 364 g/mol. The van der Waals surface area contributed by atoms with Crippen LogP contribution in [0, 0.1) is 0 Å². The van der Waals surface area contributed by atoms with E-state index in [1.165, 1.54) is 9.13 Å². The van der Waals surface area contributed by atoms with Crippen LogP contribution in [-0.4, -0.2) is 19.4 Å². The van der Waals surface area contributed by atoms with Crippen molar-refractivity contribution in [2.24, 2.45) is 0 Å². The van der Waals surface area contributed by atoms with Gasteiger partial charge in [0.25, 0.3) is 5.56 Å². The Labute approximate surface area is 150 Å². The lowest BCUT2D eigenvalue weighted by Gasteiger charge is -2.12. The summed E-state index contributed by atoms with van der Waals surface area (Å²) >= 11 is 7.13. The molecule has 1 aromatic carbocycles. The number of para-hydroxylation sites is 1. The minimum atomic E-state index is -0.477. The van der Waals surface area contributed by atoms with Crippen molar-refractivity contribution in [3.8, 4) is 0 Å². The molecule has 1 aliphatic rings. The van der Waals surface area contributed by atoms with E-state index < -0.39 is 11.6 Å². The van der Waals surface area contributed by atoms with E-state index in [4.69, 9.17) is 11.6 Å². The van der Waals surface area contributed by atoms with E-state index in [0.29, 0.717) is 16.2 Å². The lowest BCUT2D eigenvalue weighted by molar-refractivity contribution is -0.116. The van der Waals surface area contributed by atoms with Crippen LogP contribution in [0.15, 0.2) is 39.2 Å². The molecule has 2 aromatic heterocycles. The number of amides is 1. The van der Waals surface area contributed by atoms with Crippen molar-refractivity contribution in [3.63, 3.8) is 0 Å². The number of benzene rings is 1. The van der Waals surface area contributed by atoms with Crippen molar-refractivity contribution in [2.75, 3.05) is 5.32 Å². The maximum absolute atomic E-state index is 12.7. The number of hydrogen-bond acceptors (Lipinski definition) is 5. The fourth-order valence-corrected chi connectivity index (χ4v) is 3.56. The third-order valence-electron chi connectivity index (χ3n) is 4.06. The molecule has 0 aliphatic heterocycles. The van der Waals surface area contributed by atoms with Crippen LogP contribution in [0.2, 0.25) is 5.02 Å². The maximum Gasteiger partial charge on any atom is 0.332 e. The van der Waals surface area contributed by atoms with Gasteiger partial charge in [0.2, 0.25) is 5.91 Å². The SMILES string of the molecule is O=C(Cn1c(=O)n(C2CC2)c(=O)c2nscc21)Nc1ccccc1Cl. The second-order valence-electron chi connectivity index (χ2n) is 5.85. The average Bonchev–Trinajstić information content (AvgIpc) is 3.29. The summed E-state index contributed by atoms with van der Waals surface area (Å²) in [4.78, 5) is 37.6. The van der Waals surface area contributed by atoms with Gasteiger partial charge < -0.3 is 5.32 Å². The molecule has 1 amide bonds. The third-order valence-corrected chi connectivity index (χ3v) is 5.01. The molecule has 0 atom stereocenters. The highest BCUT2D eigenvalue weighted by molar-refractivity contribution is 7.04. The van der Waals surface area contributed by atoms with Gasteiger partial charge in [0.05, 0.1) is 16.2 Å². The van der Waals surface area contributed by atoms with Gasteiger partial charge in [-0.15, -0.1) is 0 Å². The van der Waals surface area contributed by atoms with Gasteiger partial charge >= 0.3 is 5.69 Å². The van der Waals surface area contributed by atoms with E-state index in [2.05, 4.69) is 9.69 Å². The summed E-state index contributed by atoms with van der Waals surface area (Å²) in [5.74, 6) is -0.399. The minimum Gasteiger partial charge on any atom is -0.323 e. The van der Waals surface area contributed by atoms with Gasteiger partial charge in [-0.05, 0) is 36.5 Å². The van der Waals surface area contributed by atoms with Crippen molar-refractivity contribution >= 4 is 45.8 Å². The molecule has 0 saturated heterocycles. The first-order chi connectivity index (χ1) is 12.1. The van der Waals surface area contributed by atoms with Crippen LogP contribution in [0.4, 0.5) is 5.69 Å². The van der Waals surface area contributed by atoms with Crippen LogP contribution >= 0.6 is 23.1 Å². The Morgan fingerprint density at radius 2 is 2.08 bits per heavy atom. The average molecular weight is 377 g/mol. The van der Waals surface area contributed by atoms with Crippen molar-refractivity contribution in [1.82, 2.24) is 13.5 Å². The molecule has 1 N–H and O–H groups in total. The first-order valence-electron chi connectivity index (χ1n) is 7.70. The zero-order valence-corrected chi connectivity index (χ0v) is 14.5. The molecule has 1 aliphatic carbocycles. The van der Waals surface area contributed by atoms with Gasteiger partial charge in [-0.2, -0.15) is 4.37 Å². The van der Waals surface area contributed by atoms with E-state index in [1.54, 1.807) is 29.6 Å². The van der Waals surface area contributed by atoms with Crippen molar-refractivity contribution in [2.45, 2.75) is 25.4 Å². The predicted molar refractivity (Wildman–Crippen MR) is 96.5 cm³/mol. The predicted octanol–water partition coefficient (Wildman–Crippen LogP) is 2.25. The topological polar surface area (TPSA) is 86.0 Å². The molecule has 0 radical (unpaired) electrons. The van der Waals surface area contributed by atoms with Gasteiger partial charge in [-0.1, -0.05) is 23.7 Å². The number of rotatable bonds is 4. The number of nitrogens with zero attached hydrogens (tertiary/aromatic N) is 3. The molecule has 1 fully saturated rings. The summed E-state index contributed by atoms with van der Waals surface area (Å²) in [6.07, 6.45) is 1.58. The van der Waals surface area contributed by atoms with E-state index in [-0.39, 0.29) is 23.7 Å². The number of aromatic nitrogens is 3. The Morgan fingerprint density at radius 1 is 1.32 bits per heavy atom. The van der Waals surface area contributed by atoms with E-state index in [1.807, 2.05) is 0 Å². The van der Waals surface area contributed by atoms with Crippen molar-refractivity contribution in [1.29, 1.82) is 0 Å². The Bertz CT molecular complexity index is 1100. The first-order valence-corrected chi connectivity index (χ1v) is 8.91. The van der Waals surface area contributed by atoms with Gasteiger partial charge in [-0.3, -0.25) is 18.7 Å². The summed E-state index contributed by atoms with van der Waals surface area (Å²) < 4.78 is 6.60. The number of hydrogen-bond donors (Lipinski definition) is 1. The Hall–Kier alpha value is -2.45. The van der Waals surface area contributed by atoms with E-state index in [0.717, 1.165) is 24.4 Å². The smallest absolute Gasteiger partial charge is 0.323 e. The van der Waals surface area contributed by atoms with E-state index >= 15 is 0 Å². The van der Waals surface area contributed by atoms with Crippen LogP contribution in [0.25, 0.3) is 11.0 Å². The fraction of sp³-hybridized carbons (Fsp3) is 0.250. The number of anilines is 1. The zero-order valence-electron chi connectivity index (χ0n) is 12.9. The number of fused-ring (bicyclic) bond motifs is 1. The van der Waals surface area contributed by atoms with Crippen LogP contribution in [0.3, 0.4) is 0 Å². The standard InChI is InChI=1S/C16H13ClN4O3S/c17-10-3-1-2-4-11(10)18-13(22)7-20-12-8-25-19-14(12)15(23)21(16(20)24)9-5-6-9/h1-4,8-9H,5-7H2,(H,18,22). The van der Waals surface area contributed by atoms with Gasteiger partial charge in [0.1, 0.15) is 6.54 Å². The van der Waals surface area contributed by atoms with Crippen LogP contribution in [0.1, 0.15) is 18.9 Å². The van der Waals surface area contributed by atoms with Crippen LogP contribution in [0.5, 0.6) is 0 Å². The molecule has 1 saturated carbocycles. The van der Waals surface area contributed by atoms with E-state index in [9.17, 15) is 14.4 Å². The van der Waals surface area contributed by atoms with Crippen molar-refractivity contribution in [3.05, 3.63) is 55.5 Å². The number of halogens is 1. The normalized spacial score (nSPS) is 14.0. The van der Waals surface area contributed by atoms with Crippen molar-refractivity contribution < 1.29 is 4.79 Å². The summed E-state index contributed by atoms with van der Waals surface area (Å²) in [6.45, 7) is -0.216. The maximum atomic E-state index is 12.7. The van der Waals surface area contributed by atoms with Gasteiger partial charge in [0.15, 0.2) is 5.52 Å². The molecule has 25 heavy (non-hydrogen) atoms. The highest BCUT2D eigenvalue weighted by Crippen LogP contribution is 2.32. The van der Waals surface area contributed by atoms with Crippen LogP contribution < -0.4 is 16.6 Å². The Morgan fingerprint density at radius 3 is 2.80 bits per heavy atom. The second-order valence-corrected chi connectivity index (χ2v) is 6.89. The summed E-state index contributed by atoms with van der Waals surface area (Å²) in [6, 6.07) is 6.76. The zero-order chi connectivity index (χ0) is 17.6. The highest BCUT2D eigenvalue weighted by atomic mass is 35.5. The monoisotopic (exact) mass is 376 g/mol. The Kier molecular flexibility index (Phi) is 3.93. The minimum absolute atomic E-state index is 0.0935. The number of carbonyl (C=O) groups excluding carboxylic acids is 1. The molecular formula is C16H13ClN4O3S. The summed E-state index contributed by atoms with van der Waals surface area (Å²) in [5, 5.41) is 4.71. The lowest BCUT2D eigenvalue weighted by Crippen LogP contribution is -2.41. The quantitative estimate of drug-likeness (QED) is 0.756. The van der Waals surface area contributed by atoms with Gasteiger partial charge in [-0.25, -0.2) is 4.79 Å². The molecule has 3 aromatic rings. The molecule has 128 valence electrons.